The number of hydrogen-bond acceptors (Lipinski definition) is 4. The fourth-order valence-corrected chi connectivity index (χ4v) is 3.35. The molecule has 0 aliphatic carbocycles. The van der Waals surface area contributed by atoms with Crippen LogP contribution in [-0.2, 0) is 4.74 Å². The summed E-state index contributed by atoms with van der Waals surface area (Å²) in [5.74, 6) is -2.14. The van der Waals surface area contributed by atoms with E-state index in [1.807, 2.05) is 0 Å². The van der Waals surface area contributed by atoms with Crippen LogP contribution in [0.5, 0.6) is 0 Å². The van der Waals surface area contributed by atoms with Crippen molar-refractivity contribution in [2.75, 3.05) is 30.9 Å². The third kappa shape index (κ3) is 3.32. The number of hydrogen-bond donors (Lipinski definition) is 1. The summed E-state index contributed by atoms with van der Waals surface area (Å²) < 4.78 is 34.6. The van der Waals surface area contributed by atoms with Crippen molar-refractivity contribution in [3.05, 3.63) is 28.9 Å². The summed E-state index contributed by atoms with van der Waals surface area (Å²) in [6, 6.07) is 0.952. The summed E-state index contributed by atoms with van der Waals surface area (Å²) in [7, 11) is 4.91. The maximum absolute atomic E-state index is 14.8. The Balaban J connectivity index is 2.34. The smallest absolute Gasteiger partial charge is 0.414 e. The van der Waals surface area contributed by atoms with E-state index in [0.717, 1.165) is 11.0 Å². The number of H-pyrrole nitrogens is 1. The largest absolute Gasteiger partial charge is 0.443 e. The Labute approximate surface area is 166 Å². The highest BCUT2D eigenvalue weighted by atomic mass is 35.5. The number of aromatic nitrogens is 2. The second-order valence-corrected chi connectivity index (χ2v) is 8.09. The molecule has 0 spiro atoms. The maximum Gasteiger partial charge on any atom is 0.414 e. The zero-order valence-electron chi connectivity index (χ0n) is 16.4. The molecule has 3 aromatic rings. The minimum Gasteiger partial charge on any atom is -0.443 e. The first-order chi connectivity index (χ1) is 12.9. The molecule has 28 heavy (non-hydrogen) atoms. The molecule has 0 fully saturated rings. The van der Waals surface area contributed by atoms with Crippen molar-refractivity contribution in [1.29, 1.82) is 0 Å². The first kappa shape index (κ1) is 20.1. The third-order valence-corrected chi connectivity index (χ3v) is 4.45. The molecule has 2 aromatic heterocycles. The van der Waals surface area contributed by atoms with Gasteiger partial charge in [0.25, 0.3) is 0 Å². The van der Waals surface area contributed by atoms with Crippen molar-refractivity contribution in [3.63, 3.8) is 0 Å². The van der Waals surface area contributed by atoms with E-state index in [-0.39, 0.29) is 16.6 Å². The Morgan fingerprint density at radius 1 is 1.21 bits per heavy atom. The number of carbonyl (C=O) groups is 1. The molecule has 2 heterocycles. The lowest BCUT2D eigenvalue weighted by molar-refractivity contribution is 0.0589. The van der Waals surface area contributed by atoms with Gasteiger partial charge in [0.2, 0.25) is 0 Å². The number of rotatable bonds is 2. The van der Waals surface area contributed by atoms with Gasteiger partial charge < -0.3 is 14.6 Å². The van der Waals surface area contributed by atoms with Crippen LogP contribution in [0.4, 0.5) is 25.0 Å². The van der Waals surface area contributed by atoms with Gasteiger partial charge in [0.1, 0.15) is 11.2 Å². The van der Waals surface area contributed by atoms with Gasteiger partial charge in [-0.25, -0.2) is 18.6 Å². The predicted octanol–water partition coefficient (Wildman–Crippen LogP) is 5.09. The van der Waals surface area contributed by atoms with E-state index >= 15 is 0 Å². The van der Waals surface area contributed by atoms with E-state index in [1.165, 1.54) is 13.2 Å². The summed E-state index contributed by atoms with van der Waals surface area (Å²) in [6.07, 6.45) is 0.734. The molecule has 0 atom stereocenters. The number of halogens is 3. The van der Waals surface area contributed by atoms with Crippen LogP contribution in [0.25, 0.3) is 21.9 Å². The summed E-state index contributed by atoms with van der Waals surface area (Å²) in [5.41, 5.74) is 0.429. The molecule has 0 radical (unpaired) electrons. The maximum atomic E-state index is 14.8. The van der Waals surface area contributed by atoms with Crippen LogP contribution in [0.3, 0.4) is 0 Å². The Kier molecular flexibility index (Phi) is 4.87. The summed E-state index contributed by atoms with van der Waals surface area (Å²) in [4.78, 5) is 22.5. The average molecular weight is 411 g/mol. The zero-order valence-corrected chi connectivity index (χ0v) is 17.2. The highest BCUT2D eigenvalue weighted by Crippen LogP contribution is 2.41. The standard InChI is InChI=1S/C19H21ClF2N4O2/c1-19(2,3)28-18(27)26(6)11-7-10(21)14(22)12-13-16(25(4)5)9(20)8-23-17(13)24-15(11)12/h7-8H,1-6H3,(H,23,24). The minimum absolute atomic E-state index is 0.0286. The zero-order chi connectivity index (χ0) is 21.0. The second-order valence-electron chi connectivity index (χ2n) is 7.68. The molecule has 0 bridgehead atoms. The van der Waals surface area contributed by atoms with E-state index in [2.05, 4.69) is 9.97 Å². The molecule has 1 N–H and O–H groups in total. The van der Waals surface area contributed by atoms with Crippen molar-refractivity contribution in [3.8, 4) is 0 Å². The molecule has 0 saturated heterocycles. The number of pyridine rings is 1. The predicted molar refractivity (Wildman–Crippen MR) is 107 cm³/mol. The van der Waals surface area contributed by atoms with Crippen molar-refractivity contribution < 1.29 is 18.3 Å². The highest BCUT2D eigenvalue weighted by molar-refractivity contribution is 6.36. The van der Waals surface area contributed by atoms with E-state index in [4.69, 9.17) is 16.3 Å². The number of fused-ring (bicyclic) bond motifs is 3. The van der Waals surface area contributed by atoms with Crippen molar-refractivity contribution in [2.45, 2.75) is 26.4 Å². The molecule has 9 heteroatoms. The van der Waals surface area contributed by atoms with E-state index < -0.39 is 23.3 Å². The fraction of sp³-hybridized carbons (Fsp3) is 0.368. The number of nitrogens with zero attached hydrogens (tertiary/aromatic N) is 3. The monoisotopic (exact) mass is 410 g/mol. The molecule has 6 nitrogen and oxygen atoms in total. The topological polar surface area (TPSA) is 61.5 Å². The lowest BCUT2D eigenvalue weighted by Gasteiger charge is -2.25. The van der Waals surface area contributed by atoms with Crippen LogP contribution in [0.1, 0.15) is 20.8 Å². The molecule has 0 unspecified atom stereocenters. The van der Waals surface area contributed by atoms with Crippen molar-refractivity contribution in [2.24, 2.45) is 0 Å². The molecular formula is C19H21ClF2N4O2. The summed E-state index contributed by atoms with van der Waals surface area (Å²) in [6.45, 7) is 5.16. The number of nitrogens with one attached hydrogen (secondary N) is 1. The minimum atomic E-state index is -1.09. The number of anilines is 2. The Morgan fingerprint density at radius 3 is 2.43 bits per heavy atom. The van der Waals surface area contributed by atoms with Crippen molar-refractivity contribution in [1.82, 2.24) is 9.97 Å². The Morgan fingerprint density at radius 2 is 1.86 bits per heavy atom. The average Bonchev–Trinajstić information content (AvgIpc) is 2.95. The molecule has 0 aliphatic rings. The third-order valence-electron chi connectivity index (χ3n) is 4.17. The lowest BCUT2D eigenvalue weighted by atomic mass is 10.1. The van der Waals surface area contributed by atoms with Crippen LogP contribution in [0.2, 0.25) is 5.02 Å². The van der Waals surface area contributed by atoms with Crippen LogP contribution in [-0.4, -0.2) is 42.8 Å². The van der Waals surface area contributed by atoms with Gasteiger partial charge in [-0.3, -0.25) is 4.90 Å². The van der Waals surface area contributed by atoms with Gasteiger partial charge in [-0.1, -0.05) is 11.6 Å². The van der Waals surface area contributed by atoms with E-state index in [1.54, 1.807) is 39.8 Å². The molecule has 3 rings (SSSR count). The van der Waals surface area contributed by atoms with Crippen LogP contribution >= 0.6 is 11.6 Å². The fourth-order valence-electron chi connectivity index (χ4n) is 3.03. The number of amides is 1. The van der Waals surface area contributed by atoms with Gasteiger partial charge >= 0.3 is 6.09 Å². The van der Waals surface area contributed by atoms with Crippen molar-refractivity contribution >= 4 is 51.0 Å². The first-order valence-electron chi connectivity index (χ1n) is 8.54. The molecule has 150 valence electrons. The molecule has 0 aliphatic heterocycles. The normalized spacial score (nSPS) is 11.9. The lowest BCUT2D eigenvalue weighted by Crippen LogP contribution is -2.34. The van der Waals surface area contributed by atoms with Gasteiger partial charge in [-0.2, -0.15) is 0 Å². The van der Waals surface area contributed by atoms with E-state index in [9.17, 15) is 13.6 Å². The number of benzene rings is 1. The Bertz CT molecular complexity index is 1090. The number of aromatic amines is 1. The van der Waals surface area contributed by atoms with Gasteiger partial charge in [-0.15, -0.1) is 0 Å². The summed E-state index contributed by atoms with van der Waals surface area (Å²) in [5, 5.41) is 0.603. The van der Waals surface area contributed by atoms with Gasteiger partial charge in [0.05, 0.1) is 38.9 Å². The van der Waals surface area contributed by atoms with Gasteiger partial charge in [0, 0.05) is 27.2 Å². The first-order valence-corrected chi connectivity index (χ1v) is 8.92. The quantitative estimate of drug-likeness (QED) is 0.639. The summed E-state index contributed by atoms with van der Waals surface area (Å²) >= 11 is 6.25. The number of carbonyl (C=O) groups excluding carboxylic acids is 1. The van der Waals surface area contributed by atoms with Gasteiger partial charge in [-0.05, 0) is 20.8 Å². The molecule has 0 saturated carbocycles. The Hall–Kier alpha value is -2.61. The molecule has 1 aromatic carbocycles. The number of ether oxygens (including phenoxy) is 1. The van der Waals surface area contributed by atoms with Crippen LogP contribution in [0, 0.1) is 11.6 Å². The van der Waals surface area contributed by atoms with E-state index in [0.29, 0.717) is 21.7 Å². The molecule has 1 amide bonds. The van der Waals surface area contributed by atoms with Crippen LogP contribution < -0.4 is 9.80 Å². The SMILES string of the molecule is CN(C)c1c(Cl)cnc2[nH]c3c(N(C)C(=O)OC(C)(C)C)cc(F)c(F)c3c12. The van der Waals surface area contributed by atoms with Crippen LogP contribution in [0.15, 0.2) is 12.3 Å². The highest BCUT2D eigenvalue weighted by Gasteiger charge is 2.27. The van der Waals surface area contributed by atoms with Gasteiger partial charge in [0.15, 0.2) is 11.6 Å². The molecular weight excluding hydrogens is 390 g/mol. The second kappa shape index (κ2) is 6.77.